The molecule has 1 aromatic rings. The van der Waals surface area contributed by atoms with E-state index in [0.717, 1.165) is 12.0 Å². The van der Waals surface area contributed by atoms with Crippen LogP contribution in [-0.4, -0.2) is 0 Å². The Balaban J connectivity index is 3.09. The first kappa shape index (κ1) is 15.1. The average Bonchev–Trinajstić information content (AvgIpc) is 2.24. The van der Waals surface area contributed by atoms with Gasteiger partial charge in [-0.1, -0.05) is 39.8 Å². The third-order valence-electron chi connectivity index (χ3n) is 3.10. The van der Waals surface area contributed by atoms with Gasteiger partial charge in [-0.15, -0.1) is 0 Å². The summed E-state index contributed by atoms with van der Waals surface area (Å²) in [5, 5.41) is 0. The zero-order chi connectivity index (χ0) is 13.9. The van der Waals surface area contributed by atoms with Gasteiger partial charge in [-0.05, 0) is 41.9 Å². The van der Waals surface area contributed by atoms with Gasteiger partial charge in [-0.3, -0.25) is 0 Å². The van der Waals surface area contributed by atoms with Crippen molar-refractivity contribution in [2.75, 3.05) is 0 Å². The first-order valence-electron chi connectivity index (χ1n) is 6.41. The highest BCUT2D eigenvalue weighted by molar-refractivity contribution is 5.35. The summed E-state index contributed by atoms with van der Waals surface area (Å²) in [5.74, 6) is 0.529. The first-order chi connectivity index (χ1) is 8.21. The molecule has 0 aliphatic heterocycles. The van der Waals surface area contributed by atoms with Crippen LogP contribution in [0, 0.1) is 5.92 Å². The van der Waals surface area contributed by atoms with Crippen LogP contribution in [0.3, 0.4) is 0 Å². The van der Waals surface area contributed by atoms with Gasteiger partial charge >= 0.3 is 6.18 Å². The van der Waals surface area contributed by atoms with Crippen LogP contribution in [0.4, 0.5) is 13.2 Å². The highest BCUT2D eigenvalue weighted by Gasteiger charge is 2.33. The monoisotopic (exact) mass is 258 g/mol. The van der Waals surface area contributed by atoms with Crippen LogP contribution < -0.4 is 0 Å². The number of rotatable bonds is 4. The van der Waals surface area contributed by atoms with Crippen LogP contribution in [0.15, 0.2) is 18.2 Å². The summed E-state index contributed by atoms with van der Waals surface area (Å²) < 4.78 is 39.0. The van der Waals surface area contributed by atoms with Crippen LogP contribution in [0.2, 0.25) is 0 Å². The lowest BCUT2D eigenvalue weighted by Crippen LogP contribution is -2.11. The lowest BCUT2D eigenvalue weighted by molar-refractivity contribution is -0.138. The summed E-state index contributed by atoms with van der Waals surface area (Å²) in [6, 6.07) is 4.76. The molecule has 18 heavy (non-hydrogen) atoms. The van der Waals surface area contributed by atoms with Gasteiger partial charge in [0, 0.05) is 0 Å². The quantitative estimate of drug-likeness (QED) is 0.676. The van der Waals surface area contributed by atoms with Gasteiger partial charge in [-0.2, -0.15) is 13.2 Å². The van der Waals surface area contributed by atoms with Crippen molar-refractivity contribution in [1.29, 1.82) is 0 Å². The van der Waals surface area contributed by atoms with E-state index in [1.54, 1.807) is 6.07 Å². The van der Waals surface area contributed by atoms with E-state index >= 15 is 0 Å². The van der Waals surface area contributed by atoms with Crippen LogP contribution in [0.5, 0.6) is 0 Å². The summed E-state index contributed by atoms with van der Waals surface area (Å²) in [6.07, 6.45) is -2.98. The molecule has 0 aliphatic carbocycles. The van der Waals surface area contributed by atoms with Gasteiger partial charge in [-0.25, -0.2) is 0 Å². The molecule has 0 radical (unpaired) electrons. The second-order valence-electron chi connectivity index (χ2n) is 5.50. The Labute approximate surface area is 107 Å². The normalized spacial score (nSPS) is 12.5. The molecule has 0 fully saturated rings. The molecule has 0 aliphatic rings. The first-order valence-corrected chi connectivity index (χ1v) is 6.41. The molecule has 0 atom stereocenters. The van der Waals surface area contributed by atoms with E-state index in [0.29, 0.717) is 17.9 Å². The number of hydrogen-bond acceptors (Lipinski definition) is 0. The molecule has 0 saturated heterocycles. The largest absolute Gasteiger partial charge is 0.416 e. The van der Waals surface area contributed by atoms with E-state index in [-0.39, 0.29) is 5.92 Å². The lowest BCUT2D eigenvalue weighted by Gasteiger charge is -2.16. The molecular formula is C15H21F3. The van der Waals surface area contributed by atoms with E-state index in [9.17, 15) is 13.2 Å². The molecule has 0 unspecified atom stereocenters. The number of halogens is 3. The third kappa shape index (κ3) is 4.04. The molecule has 1 aromatic carbocycles. The van der Waals surface area contributed by atoms with Crippen molar-refractivity contribution in [2.45, 2.75) is 52.6 Å². The molecule has 102 valence electrons. The van der Waals surface area contributed by atoms with Crippen LogP contribution in [0.25, 0.3) is 0 Å². The predicted molar refractivity (Wildman–Crippen MR) is 68.7 cm³/mol. The van der Waals surface area contributed by atoms with Gasteiger partial charge in [0.25, 0.3) is 0 Å². The maximum Gasteiger partial charge on any atom is 0.416 e. The molecule has 0 nitrogen and oxygen atoms in total. The maximum absolute atomic E-state index is 13.0. The van der Waals surface area contributed by atoms with Crippen molar-refractivity contribution in [1.82, 2.24) is 0 Å². The average molecular weight is 258 g/mol. The summed E-state index contributed by atoms with van der Waals surface area (Å²) in [4.78, 5) is 0. The fraction of sp³-hybridized carbons (Fsp3) is 0.600. The highest BCUT2D eigenvalue weighted by atomic mass is 19.4. The molecule has 0 N–H and O–H groups in total. The molecular weight excluding hydrogens is 237 g/mol. The predicted octanol–water partition coefficient (Wildman–Crippen LogP) is 5.42. The molecule has 0 aromatic heterocycles. The molecule has 0 saturated carbocycles. The van der Waals surface area contributed by atoms with E-state index in [1.165, 1.54) is 6.07 Å². The van der Waals surface area contributed by atoms with Crippen molar-refractivity contribution in [2.24, 2.45) is 5.92 Å². The summed E-state index contributed by atoms with van der Waals surface area (Å²) in [7, 11) is 0. The topological polar surface area (TPSA) is 0 Å². The van der Waals surface area contributed by atoms with Crippen LogP contribution in [-0.2, 0) is 12.6 Å². The van der Waals surface area contributed by atoms with Crippen LogP contribution in [0.1, 0.15) is 56.7 Å². The minimum atomic E-state index is -4.25. The second kappa shape index (κ2) is 5.77. The summed E-state index contributed by atoms with van der Waals surface area (Å²) >= 11 is 0. The maximum atomic E-state index is 13.0. The smallest absolute Gasteiger partial charge is 0.166 e. The minimum Gasteiger partial charge on any atom is -0.166 e. The zero-order valence-electron chi connectivity index (χ0n) is 11.4. The van der Waals surface area contributed by atoms with Crippen molar-refractivity contribution in [3.05, 3.63) is 34.9 Å². The summed E-state index contributed by atoms with van der Waals surface area (Å²) in [6.45, 7) is 7.86. The van der Waals surface area contributed by atoms with Gasteiger partial charge in [0.2, 0.25) is 0 Å². The Kier molecular flexibility index (Phi) is 4.83. The van der Waals surface area contributed by atoms with Gasteiger partial charge in [0.15, 0.2) is 0 Å². The summed E-state index contributed by atoms with van der Waals surface area (Å²) in [5.41, 5.74) is 0.700. The highest BCUT2D eigenvalue weighted by Crippen LogP contribution is 2.34. The van der Waals surface area contributed by atoms with Crippen molar-refractivity contribution < 1.29 is 13.2 Å². The molecule has 1 rings (SSSR count). The van der Waals surface area contributed by atoms with Crippen molar-refractivity contribution >= 4 is 0 Å². The third-order valence-corrected chi connectivity index (χ3v) is 3.10. The zero-order valence-corrected chi connectivity index (χ0v) is 11.4. The molecule has 0 bridgehead atoms. The van der Waals surface area contributed by atoms with Gasteiger partial charge < -0.3 is 0 Å². The van der Waals surface area contributed by atoms with E-state index < -0.39 is 11.7 Å². The van der Waals surface area contributed by atoms with Gasteiger partial charge in [0.05, 0.1) is 5.56 Å². The Bertz CT molecular complexity index is 389. The minimum absolute atomic E-state index is 0.116. The van der Waals surface area contributed by atoms with Crippen molar-refractivity contribution in [3.8, 4) is 0 Å². The Hall–Kier alpha value is -0.990. The SMILES string of the molecule is CC(C)CCc1ccc(C(C)C)cc1C(F)(F)F. The lowest BCUT2D eigenvalue weighted by atomic mass is 9.93. The number of hydrogen-bond donors (Lipinski definition) is 0. The molecule has 0 amide bonds. The molecule has 3 heteroatoms. The Morgan fingerprint density at radius 1 is 1.06 bits per heavy atom. The van der Waals surface area contributed by atoms with Crippen LogP contribution >= 0.6 is 0 Å². The fourth-order valence-electron chi connectivity index (χ4n) is 1.88. The number of alkyl halides is 3. The number of benzene rings is 1. The number of aryl methyl sites for hydroxylation is 1. The van der Waals surface area contributed by atoms with E-state index in [1.807, 2.05) is 33.8 Å². The standard InChI is InChI=1S/C15H21F3/c1-10(2)5-6-12-7-8-13(11(3)4)9-14(12)15(16,17)18/h7-11H,5-6H2,1-4H3. The second-order valence-corrected chi connectivity index (χ2v) is 5.50. The fourth-order valence-corrected chi connectivity index (χ4v) is 1.88. The Morgan fingerprint density at radius 3 is 2.11 bits per heavy atom. The molecule has 0 heterocycles. The van der Waals surface area contributed by atoms with E-state index in [2.05, 4.69) is 0 Å². The van der Waals surface area contributed by atoms with Crippen molar-refractivity contribution in [3.63, 3.8) is 0 Å². The van der Waals surface area contributed by atoms with Gasteiger partial charge in [0.1, 0.15) is 0 Å². The molecule has 0 spiro atoms. The van der Waals surface area contributed by atoms with E-state index in [4.69, 9.17) is 0 Å². The Morgan fingerprint density at radius 2 is 1.67 bits per heavy atom.